The summed E-state index contributed by atoms with van der Waals surface area (Å²) in [6.07, 6.45) is 6.19. The first-order valence-electron chi connectivity index (χ1n) is 5.70. The lowest BCUT2D eigenvalue weighted by molar-refractivity contribution is 0.0801. The van der Waals surface area contributed by atoms with Crippen LogP contribution in [0.4, 0.5) is 0 Å². The van der Waals surface area contributed by atoms with E-state index in [0.717, 1.165) is 0 Å². The van der Waals surface area contributed by atoms with Gasteiger partial charge in [-0.1, -0.05) is 42.5 Å². The molecule has 2 aliphatic carbocycles. The molecule has 2 nitrogen and oxygen atoms in total. The number of hydrogen-bond donors (Lipinski definition) is 0. The van der Waals surface area contributed by atoms with Gasteiger partial charge in [0, 0.05) is 16.7 Å². The quantitative estimate of drug-likeness (QED) is 0.679. The minimum atomic E-state index is -0.666. The highest BCUT2D eigenvalue weighted by Crippen LogP contribution is 2.43. The maximum atomic E-state index is 12.5. The van der Waals surface area contributed by atoms with E-state index in [0.29, 0.717) is 23.1 Å². The van der Waals surface area contributed by atoms with Gasteiger partial charge in [0.2, 0.25) is 0 Å². The van der Waals surface area contributed by atoms with Crippen LogP contribution >= 0.6 is 0 Å². The van der Waals surface area contributed by atoms with Crippen LogP contribution in [0, 0.1) is 5.41 Å². The summed E-state index contributed by atoms with van der Waals surface area (Å²) < 4.78 is 0. The SMILES string of the molecule is CC12CC=CC=C1C(=O)c1ccccc1C2=O. The maximum Gasteiger partial charge on any atom is 0.190 e. The molecule has 0 spiro atoms. The van der Waals surface area contributed by atoms with E-state index in [1.807, 2.05) is 19.1 Å². The summed E-state index contributed by atoms with van der Waals surface area (Å²) >= 11 is 0. The average Bonchev–Trinajstić information content (AvgIpc) is 2.36. The summed E-state index contributed by atoms with van der Waals surface area (Å²) in [4.78, 5) is 24.8. The first-order valence-corrected chi connectivity index (χ1v) is 5.70. The Hall–Kier alpha value is -1.96. The molecule has 3 rings (SSSR count). The highest BCUT2D eigenvalue weighted by molar-refractivity contribution is 6.25. The molecule has 1 unspecified atom stereocenters. The Morgan fingerprint density at radius 2 is 1.82 bits per heavy atom. The van der Waals surface area contributed by atoms with E-state index in [9.17, 15) is 9.59 Å². The van der Waals surface area contributed by atoms with Gasteiger partial charge in [0.15, 0.2) is 11.6 Å². The Kier molecular flexibility index (Phi) is 1.96. The molecular formula is C15H12O2. The molecule has 2 heteroatoms. The highest BCUT2D eigenvalue weighted by atomic mass is 16.1. The van der Waals surface area contributed by atoms with Crippen LogP contribution in [0.3, 0.4) is 0 Å². The summed E-state index contributed by atoms with van der Waals surface area (Å²) in [7, 11) is 0. The van der Waals surface area contributed by atoms with Crippen LogP contribution in [0.5, 0.6) is 0 Å². The number of ketones is 2. The minimum absolute atomic E-state index is 0.00736. The molecule has 2 aliphatic rings. The van der Waals surface area contributed by atoms with Crippen LogP contribution < -0.4 is 0 Å². The summed E-state index contributed by atoms with van der Waals surface area (Å²) in [5, 5.41) is 0. The molecule has 0 saturated heterocycles. The first-order chi connectivity index (χ1) is 8.14. The van der Waals surface area contributed by atoms with E-state index < -0.39 is 5.41 Å². The number of fused-ring (bicyclic) bond motifs is 2. The number of benzene rings is 1. The van der Waals surface area contributed by atoms with E-state index in [-0.39, 0.29) is 11.6 Å². The second-order valence-electron chi connectivity index (χ2n) is 4.75. The zero-order chi connectivity index (χ0) is 12.0. The lowest BCUT2D eigenvalue weighted by atomic mass is 9.64. The van der Waals surface area contributed by atoms with E-state index in [2.05, 4.69) is 0 Å². The lowest BCUT2D eigenvalue weighted by Crippen LogP contribution is -2.39. The molecule has 0 amide bonds. The summed E-state index contributed by atoms with van der Waals surface area (Å²) in [6, 6.07) is 7.08. The summed E-state index contributed by atoms with van der Waals surface area (Å²) in [5.41, 5.74) is 1.06. The minimum Gasteiger partial charge on any atom is -0.293 e. The fourth-order valence-electron chi connectivity index (χ4n) is 2.62. The van der Waals surface area contributed by atoms with Gasteiger partial charge in [-0.2, -0.15) is 0 Å². The Morgan fingerprint density at radius 3 is 2.59 bits per heavy atom. The van der Waals surface area contributed by atoms with Gasteiger partial charge in [-0.3, -0.25) is 9.59 Å². The molecule has 0 saturated carbocycles. The number of carbonyl (C=O) groups is 2. The molecule has 1 aromatic carbocycles. The third kappa shape index (κ3) is 1.21. The molecule has 84 valence electrons. The van der Waals surface area contributed by atoms with Crippen LogP contribution in [-0.4, -0.2) is 11.6 Å². The van der Waals surface area contributed by atoms with Crippen molar-refractivity contribution < 1.29 is 9.59 Å². The Morgan fingerprint density at radius 1 is 1.12 bits per heavy atom. The zero-order valence-electron chi connectivity index (χ0n) is 9.57. The summed E-state index contributed by atoms with van der Waals surface area (Å²) in [6.45, 7) is 1.86. The van der Waals surface area contributed by atoms with Crippen LogP contribution in [0.2, 0.25) is 0 Å². The Balaban J connectivity index is 2.31. The largest absolute Gasteiger partial charge is 0.293 e. The van der Waals surface area contributed by atoms with Crippen molar-refractivity contribution >= 4 is 11.6 Å². The van der Waals surface area contributed by atoms with Crippen LogP contribution in [0.25, 0.3) is 0 Å². The number of rotatable bonds is 0. The van der Waals surface area contributed by atoms with E-state index in [1.54, 1.807) is 30.3 Å². The molecule has 0 radical (unpaired) electrons. The predicted molar refractivity (Wildman–Crippen MR) is 65.1 cm³/mol. The van der Waals surface area contributed by atoms with Crippen LogP contribution in [-0.2, 0) is 0 Å². The fraction of sp³-hybridized carbons (Fsp3) is 0.200. The number of hydrogen-bond acceptors (Lipinski definition) is 2. The van der Waals surface area contributed by atoms with Crippen molar-refractivity contribution in [1.82, 2.24) is 0 Å². The zero-order valence-corrected chi connectivity index (χ0v) is 9.57. The summed E-state index contributed by atoms with van der Waals surface area (Å²) in [5.74, 6) is 0.0513. The second kappa shape index (κ2) is 3.27. The van der Waals surface area contributed by atoms with Gasteiger partial charge in [-0.25, -0.2) is 0 Å². The maximum absolute atomic E-state index is 12.5. The van der Waals surface area contributed by atoms with Gasteiger partial charge in [0.05, 0.1) is 5.41 Å². The van der Waals surface area contributed by atoms with E-state index in [4.69, 9.17) is 0 Å². The normalized spacial score (nSPS) is 26.3. The molecular weight excluding hydrogens is 212 g/mol. The van der Waals surface area contributed by atoms with Crippen molar-refractivity contribution in [3.8, 4) is 0 Å². The van der Waals surface area contributed by atoms with Crippen molar-refractivity contribution in [2.45, 2.75) is 13.3 Å². The van der Waals surface area contributed by atoms with Gasteiger partial charge in [-0.15, -0.1) is 0 Å². The van der Waals surface area contributed by atoms with E-state index in [1.165, 1.54) is 0 Å². The van der Waals surface area contributed by atoms with Crippen molar-refractivity contribution in [3.63, 3.8) is 0 Å². The second-order valence-corrected chi connectivity index (χ2v) is 4.75. The first kappa shape index (κ1) is 10.2. The third-order valence-electron chi connectivity index (χ3n) is 3.68. The molecule has 0 aliphatic heterocycles. The number of allylic oxidation sites excluding steroid dienone is 4. The Bertz CT molecular complexity index is 593. The van der Waals surface area contributed by atoms with Gasteiger partial charge in [-0.05, 0) is 13.3 Å². The van der Waals surface area contributed by atoms with E-state index >= 15 is 0 Å². The molecule has 1 atom stereocenters. The highest BCUT2D eigenvalue weighted by Gasteiger charge is 2.46. The molecule has 17 heavy (non-hydrogen) atoms. The van der Waals surface area contributed by atoms with Crippen molar-refractivity contribution in [3.05, 3.63) is 59.2 Å². The van der Waals surface area contributed by atoms with Crippen molar-refractivity contribution in [1.29, 1.82) is 0 Å². The standard InChI is InChI=1S/C15H12O2/c1-15-9-5-4-8-12(15)13(16)10-6-2-3-7-11(10)14(15)17/h2-8H,9H2,1H3. The molecule has 0 fully saturated rings. The molecule has 0 heterocycles. The monoisotopic (exact) mass is 224 g/mol. The molecule has 1 aromatic rings. The average molecular weight is 224 g/mol. The molecule has 0 bridgehead atoms. The van der Waals surface area contributed by atoms with Gasteiger partial charge < -0.3 is 0 Å². The fourth-order valence-corrected chi connectivity index (χ4v) is 2.62. The Labute approximate surface area is 99.6 Å². The van der Waals surface area contributed by atoms with Crippen LogP contribution in [0.1, 0.15) is 34.1 Å². The van der Waals surface area contributed by atoms with Crippen molar-refractivity contribution in [2.75, 3.05) is 0 Å². The van der Waals surface area contributed by atoms with Crippen molar-refractivity contribution in [2.24, 2.45) is 5.41 Å². The predicted octanol–water partition coefficient (Wildman–Crippen LogP) is 2.96. The third-order valence-corrected chi connectivity index (χ3v) is 3.68. The molecule has 0 N–H and O–H groups in total. The topological polar surface area (TPSA) is 34.1 Å². The van der Waals surface area contributed by atoms with Gasteiger partial charge in [0.1, 0.15) is 0 Å². The van der Waals surface area contributed by atoms with Crippen LogP contribution in [0.15, 0.2) is 48.1 Å². The van der Waals surface area contributed by atoms with Gasteiger partial charge >= 0.3 is 0 Å². The lowest BCUT2D eigenvalue weighted by Gasteiger charge is -2.35. The smallest absolute Gasteiger partial charge is 0.190 e. The number of carbonyl (C=O) groups excluding carboxylic acids is 2. The van der Waals surface area contributed by atoms with Gasteiger partial charge in [0.25, 0.3) is 0 Å². The number of Topliss-reactive ketones (excluding diaryl/α,β-unsaturated/α-hetero) is 2. The molecule has 0 aromatic heterocycles.